The van der Waals surface area contributed by atoms with Crippen LogP contribution in [0.15, 0.2) is 0 Å². The average molecular weight is 167 g/mol. The maximum atomic E-state index is 10.4. The van der Waals surface area contributed by atoms with Crippen LogP contribution in [0.1, 0.15) is 13.8 Å². The highest BCUT2D eigenvalue weighted by Gasteiger charge is 2.14. The van der Waals surface area contributed by atoms with Crippen LogP contribution in [0.5, 0.6) is 0 Å². The summed E-state index contributed by atoms with van der Waals surface area (Å²) in [6.07, 6.45) is -0.742. The highest BCUT2D eigenvalue weighted by molar-refractivity contribution is 6.20. The minimum Gasteiger partial charge on any atom is -0.438 e. The molecule has 0 aromatic heterocycles. The molecule has 0 aliphatic heterocycles. The quantitative estimate of drug-likeness (QED) is 0.465. The summed E-state index contributed by atoms with van der Waals surface area (Å²) in [5.74, 6) is 0.0979. The number of ether oxygens (including phenoxy) is 2. The SMILES string of the molecule is COC(=O)O[C@H](Cl)C(C)C. The molecule has 60 valence electrons. The number of carbonyl (C=O) groups is 1. The van der Waals surface area contributed by atoms with E-state index in [4.69, 9.17) is 11.6 Å². The van der Waals surface area contributed by atoms with E-state index in [9.17, 15) is 4.79 Å². The molecule has 0 bridgehead atoms. The van der Waals surface area contributed by atoms with E-state index in [1.54, 1.807) is 0 Å². The molecule has 0 saturated carbocycles. The van der Waals surface area contributed by atoms with Gasteiger partial charge in [-0.3, -0.25) is 0 Å². The first kappa shape index (κ1) is 9.56. The van der Waals surface area contributed by atoms with Crippen LogP contribution in [0.3, 0.4) is 0 Å². The molecule has 0 unspecified atom stereocenters. The molecule has 0 spiro atoms. The van der Waals surface area contributed by atoms with E-state index < -0.39 is 11.7 Å². The minimum absolute atomic E-state index is 0.0979. The van der Waals surface area contributed by atoms with Crippen molar-refractivity contribution in [3.05, 3.63) is 0 Å². The summed E-state index contributed by atoms with van der Waals surface area (Å²) in [7, 11) is 1.24. The number of halogens is 1. The van der Waals surface area contributed by atoms with E-state index >= 15 is 0 Å². The van der Waals surface area contributed by atoms with Crippen LogP contribution in [0.4, 0.5) is 4.79 Å². The maximum Gasteiger partial charge on any atom is 0.509 e. The molecule has 0 saturated heterocycles. The van der Waals surface area contributed by atoms with Crippen molar-refractivity contribution in [2.75, 3.05) is 7.11 Å². The van der Waals surface area contributed by atoms with Gasteiger partial charge in [0.2, 0.25) is 0 Å². The van der Waals surface area contributed by atoms with Crippen LogP contribution in [0, 0.1) is 5.92 Å². The van der Waals surface area contributed by atoms with Gasteiger partial charge in [-0.2, -0.15) is 0 Å². The Kier molecular flexibility index (Phi) is 4.19. The second-order valence-electron chi connectivity index (χ2n) is 2.17. The molecule has 0 aliphatic carbocycles. The van der Waals surface area contributed by atoms with Crippen molar-refractivity contribution in [3.8, 4) is 0 Å². The van der Waals surface area contributed by atoms with Crippen molar-refractivity contribution in [1.29, 1.82) is 0 Å². The normalized spacial score (nSPS) is 12.9. The second kappa shape index (κ2) is 4.39. The highest BCUT2D eigenvalue weighted by Crippen LogP contribution is 2.10. The largest absolute Gasteiger partial charge is 0.509 e. The molecule has 0 fully saturated rings. The Morgan fingerprint density at radius 1 is 1.50 bits per heavy atom. The number of methoxy groups -OCH3 is 1. The summed E-state index contributed by atoms with van der Waals surface area (Å²) in [6, 6.07) is 0. The molecule has 3 nitrogen and oxygen atoms in total. The molecule has 0 amide bonds. The summed E-state index contributed by atoms with van der Waals surface area (Å²) in [6.45, 7) is 3.70. The van der Waals surface area contributed by atoms with Crippen molar-refractivity contribution in [1.82, 2.24) is 0 Å². The first-order valence-corrected chi connectivity index (χ1v) is 3.40. The molecule has 4 heteroatoms. The standard InChI is InChI=1S/C6H11ClO3/c1-4(2)5(7)10-6(8)9-3/h4-5H,1-3H3/t5-/m0/s1. The molecule has 1 atom stereocenters. The molecule has 10 heavy (non-hydrogen) atoms. The lowest BCUT2D eigenvalue weighted by Crippen LogP contribution is -2.17. The van der Waals surface area contributed by atoms with E-state index in [0.29, 0.717) is 0 Å². The summed E-state index contributed by atoms with van der Waals surface area (Å²) in [4.78, 5) is 10.4. The zero-order chi connectivity index (χ0) is 8.15. The molecule has 0 aliphatic rings. The van der Waals surface area contributed by atoms with Gasteiger partial charge in [-0.25, -0.2) is 4.79 Å². The Morgan fingerprint density at radius 3 is 2.30 bits per heavy atom. The summed E-state index contributed by atoms with van der Waals surface area (Å²) < 4.78 is 8.79. The Labute approximate surface area is 65.3 Å². The molecule has 0 rings (SSSR count). The number of hydrogen-bond donors (Lipinski definition) is 0. The van der Waals surface area contributed by atoms with E-state index in [1.807, 2.05) is 13.8 Å². The molecule has 0 aromatic carbocycles. The van der Waals surface area contributed by atoms with Gasteiger partial charge in [0, 0.05) is 5.92 Å². The number of rotatable bonds is 2. The third-order valence-corrected chi connectivity index (χ3v) is 1.49. The van der Waals surface area contributed by atoms with Gasteiger partial charge >= 0.3 is 6.16 Å². The maximum absolute atomic E-state index is 10.4. The van der Waals surface area contributed by atoms with Gasteiger partial charge in [-0.1, -0.05) is 25.4 Å². The summed E-state index contributed by atoms with van der Waals surface area (Å²) in [5.41, 5.74) is -0.604. The van der Waals surface area contributed by atoms with Crippen molar-refractivity contribution in [3.63, 3.8) is 0 Å². The van der Waals surface area contributed by atoms with Crippen LogP contribution in [0.2, 0.25) is 0 Å². The lowest BCUT2D eigenvalue weighted by atomic mass is 10.2. The lowest BCUT2D eigenvalue weighted by Gasteiger charge is -2.12. The summed E-state index contributed by atoms with van der Waals surface area (Å²) in [5, 5.41) is 0. The first-order valence-electron chi connectivity index (χ1n) is 2.96. The topological polar surface area (TPSA) is 35.5 Å². The number of carbonyl (C=O) groups excluding carboxylic acids is 1. The van der Waals surface area contributed by atoms with Crippen molar-refractivity contribution in [2.24, 2.45) is 5.92 Å². The Balaban J connectivity index is 3.57. The molecular weight excluding hydrogens is 156 g/mol. The molecule has 0 radical (unpaired) electrons. The summed E-state index contributed by atoms with van der Waals surface area (Å²) >= 11 is 5.57. The third kappa shape index (κ3) is 3.56. The zero-order valence-corrected chi connectivity index (χ0v) is 7.01. The first-order chi connectivity index (χ1) is 4.57. The van der Waals surface area contributed by atoms with Gasteiger partial charge in [0.1, 0.15) is 0 Å². The minimum atomic E-state index is -0.742. The van der Waals surface area contributed by atoms with Crippen molar-refractivity contribution < 1.29 is 14.3 Å². The molecule has 0 aromatic rings. The zero-order valence-electron chi connectivity index (χ0n) is 6.26. The van der Waals surface area contributed by atoms with E-state index in [-0.39, 0.29) is 5.92 Å². The van der Waals surface area contributed by atoms with Crippen LogP contribution >= 0.6 is 11.6 Å². The Hall–Kier alpha value is -0.440. The fourth-order valence-corrected chi connectivity index (χ4v) is 0.349. The average Bonchev–Trinajstić information content (AvgIpc) is 1.87. The van der Waals surface area contributed by atoms with Crippen LogP contribution < -0.4 is 0 Å². The fraction of sp³-hybridized carbons (Fsp3) is 0.833. The predicted octanol–water partition coefficient (Wildman–Crippen LogP) is 1.99. The van der Waals surface area contributed by atoms with E-state index in [1.165, 1.54) is 7.11 Å². The smallest absolute Gasteiger partial charge is 0.438 e. The Bertz CT molecular complexity index is 114. The van der Waals surface area contributed by atoms with Crippen LogP contribution in [-0.4, -0.2) is 18.8 Å². The third-order valence-electron chi connectivity index (χ3n) is 0.900. The number of hydrogen-bond acceptors (Lipinski definition) is 3. The lowest BCUT2D eigenvalue weighted by molar-refractivity contribution is 0.0498. The van der Waals surface area contributed by atoms with Gasteiger partial charge in [0.25, 0.3) is 0 Å². The fourth-order valence-electron chi connectivity index (χ4n) is 0.276. The van der Waals surface area contributed by atoms with Gasteiger partial charge in [0.15, 0.2) is 5.56 Å². The van der Waals surface area contributed by atoms with E-state index in [0.717, 1.165) is 0 Å². The van der Waals surface area contributed by atoms with Crippen molar-refractivity contribution >= 4 is 17.8 Å². The predicted molar refractivity (Wildman–Crippen MR) is 38.0 cm³/mol. The molecular formula is C6H11ClO3. The van der Waals surface area contributed by atoms with Crippen LogP contribution in [0.25, 0.3) is 0 Å². The van der Waals surface area contributed by atoms with Crippen molar-refractivity contribution in [2.45, 2.75) is 19.4 Å². The van der Waals surface area contributed by atoms with E-state index in [2.05, 4.69) is 9.47 Å². The van der Waals surface area contributed by atoms with Gasteiger partial charge in [0.05, 0.1) is 7.11 Å². The highest BCUT2D eigenvalue weighted by atomic mass is 35.5. The number of alkyl halides is 1. The molecule has 0 N–H and O–H groups in total. The van der Waals surface area contributed by atoms with Gasteiger partial charge in [-0.15, -0.1) is 0 Å². The van der Waals surface area contributed by atoms with Gasteiger partial charge < -0.3 is 9.47 Å². The van der Waals surface area contributed by atoms with Crippen LogP contribution in [-0.2, 0) is 9.47 Å². The monoisotopic (exact) mass is 166 g/mol. The van der Waals surface area contributed by atoms with Gasteiger partial charge in [-0.05, 0) is 0 Å². The second-order valence-corrected chi connectivity index (χ2v) is 2.60. The molecule has 0 heterocycles. The Morgan fingerprint density at radius 2 is 2.00 bits per heavy atom.